The average molecular weight is 460 g/mol. The Bertz CT molecular complexity index is 1270. The van der Waals surface area contributed by atoms with E-state index in [-0.39, 0.29) is 19.6 Å². The molecule has 0 amide bonds. The number of carbonyl (C=O) groups is 1. The van der Waals surface area contributed by atoms with Crippen molar-refractivity contribution in [2.75, 3.05) is 7.11 Å². The van der Waals surface area contributed by atoms with E-state index < -0.39 is 5.97 Å². The van der Waals surface area contributed by atoms with Crippen molar-refractivity contribution >= 4 is 5.97 Å². The Morgan fingerprint density at radius 3 is 2.59 bits per heavy atom. The van der Waals surface area contributed by atoms with E-state index >= 15 is 0 Å². The topological polar surface area (TPSA) is 104 Å². The van der Waals surface area contributed by atoms with Crippen molar-refractivity contribution in [3.05, 3.63) is 89.4 Å². The zero-order chi connectivity index (χ0) is 23.9. The van der Waals surface area contributed by atoms with E-state index in [2.05, 4.69) is 9.97 Å². The van der Waals surface area contributed by atoms with Crippen molar-refractivity contribution < 1.29 is 28.5 Å². The molecule has 174 valence electrons. The molecule has 34 heavy (non-hydrogen) atoms. The number of carboxylic acid groups (broad SMARTS) is 1. The number of aryl methyl sites for hydroxylation is 1. The van der Waals surface area contributed by atoms with Crippen LogP contribution in [0.1, 0.15) is 22.6 Å². The zero-order valence-electron chi connectivity index (χ0n) is 18.9. The summed E-state index contributed by atoms with van der Waals surface area (Å²) in [4.78, 5) is 19.8. The third kappa shape index (κ3) is 5.53. The van der Waals surface area contributed by atoms with Crippen LogP contribution in [0.25, 0.3) is 11.5 Å². The average Bonchev–Trinajstić information content (AvgIpc) is 3.23. The summed E-state index contributed by atoms with van der Waals surface area (Å²) in [6, 6.07) is 18.5. The maximum atomic E-state index is 11.1. The van der Waals surface area contributed by atoms with Gasteiger partial charge in [0.05, 0.1) is 13.5 Å². The smallest absolute Gasteiger partial charge is 0.308 e. The molecule has 0 spiro atoms. The second-order valence-electron chi connectivity index (χ2n) is 7.49. The molecule has 0 aliphatic carbocycles. The van der Waals surface area contributed by atoms with Gasteiger partial charge in [-0.2, -0.15) is 0 Å². The quantitative estimate of drug-likeness (QED) is 0.359. The number of aromatic nitrogens is 2. The molecule has 2 heterocycles. The number of aliphatic carboxylic acids is 1. The van der Waals surface area contributed by atoms with E-state index in [0.717, 1.165) is 11.1 Å². The van der Waals surface area contributed by atoms with E-state index in [0.29, 0.717) is 40.3 Å². The van der Waals surface area contributed by atoms with Gasteiger partial charge in [-0.3, -0.25) is 4.79 Å². The summed E-state index contributed by atoms with van der Waals surface area (Å²) in [6.07, 6.45) is 1.40. The maximum absolute atomic E-state index is 11.1. The number of hydrogen-bond acceptors (Lipinski definition) is 7. The number of carboxylic acids is 1. The van der Waals surface area contributed by atoms with Gasteiger partial charge in [-0.25, -0.2) is 9.97 Å². The fourth-order valence-electron chi connectivity index (χ4n) is 3.34. The van der Waals surface area contributed by atoms with E-state index in [1.165, 1.54) is 0 Å². The first-order valence-corrected chi connectivity index (χ1v) is 10.6. The number of ether oxygens (including phenoxy) is 3. The van der Waals surface area contributed by atoms with Crippen molar-refractivity contribution in [3.63, 3.8) is 0 Å². The number of benzene rings is 2. The Labute approximate surface area is 196 Å². The van der Waals surface area contributed by atoms with Crippen molar-refractivity contribution in [3.8, 4) is 28.8 Å². The second-order valence-corrected chi connectivity index (χ2v) is 7.49. The fraction of sp³-hybridized carbons (Fsp3) is 0.192. The van der Waals surface area contributed by atoms with Crippen LogP contribution >= 0.6 is 0 Å². The molecule has 0 saturated carbocycles. The van der Waals surface area contributed by atoms with Gasteiger partial charge in [0, 0.05) is 17.3 Å². The predicted molar refractivity (Wildman–Crippen MR) is 124 cm³/mol. The Hall–Kier alpha value is -4.33. The minimum atomic E-state index is -0.945. The normalized spacial score (nSPS) is 10.6. The Morgan fingerprint density at radius 1 is 1.00 bits per heavy atom. The summed E-state index contributed by atoms with van der Waals surface area (Å²) in [7, 11) is 1.56. The molecule has 0 aliphatic heterocycles. The van der Waals surface area contributed by atoms with Gasteiger partial charge in [-0.1, -0.05) is 30.3 Å². The third-order valence-electron chi connectivity index (χ3n) is 5.07. The maximum Gasteiger partial charge on any atom is 0.308 e. The van der Waals surface area contributed by atoms with Crippen LogP contribution < -0.4 is 14.2 Å². The standard InChI is InChI=1S/C26H24N2O6/c1-17-21(28-26(34-17)19-7-4-3-5-8-19)16-32-22-11-10-18(13-23(22)31-2)15-33-25-20(14-24(29)30)9-6-12-27-25/h3-13H,14-16H2,1-2H3,(H,29,30). The highest BCUT2D eigenvalue weighted by molar-refractivity contribution is 5.70. The van der Waals surface area contributed by atoms with E-state index in [9.17, 15) is 4.79 Å². The molecule has 4 aromatic rings. The van der Waals surface area contributed by atoms with Crippen molar-refractivity contribution in [1.82, 2.24) is 9.97 Å². The van der Waals surface area contributed by atoms with E-state index in [1.807, 2.05) is 43.3 Å². The van der Waals surface area contributed by atoms with Crippen LogP contribution in [-0.2, 0) is 24.4 Å². The number of nitrogens with zero attached hydrogens (tertiary/aromatic N) is 2. The summed E-state index contributed by atoms with van der Waals surface area (Å²) in [5.41, 5.74) is 2.94. The van der Waals surface area contributed by atoms with Gasteiger partial charge in [0.25, 0.3) is 0 Å². The van der Waals surface area contributed by atoms with Crippen molar-refractivity contribution in [1.29, 1.82) is 0 Å². The first-order valence-electron chi connectivity index (χ1n) is 10.6. The Kier molecular flexibility index (Phi) is 7.07. The molecule has 1 N–H and O–H groups in total. The third-order valence-corrected chi connectivity index (χ3v) is 5.07. The molecule has 4 rings (SSSR count). The summed E-state index contributed by atoms with van der Waals surface area (Å²) in [6.45, 7) is 2.27. The lowest BCUT2D eigenvalue weighted by Gasteiger charge is -2.13. The summed E-state index contributed by atoms with van der Waals surface area (Å²) in [5, 5.41) is 9.06. The highest BCUT2D eigenvalue weighted by atomic mass is 16.5. The zero-order valence-corrected chi connectivity index (χ0v) is 18.9. The Balaban J connectivity index is 1.42. The van der Waals surface area contributed by atoms with Crippen LogP contribution in [0, 0.1) is 6.92 Å². The fourth-order valence-corrected chi connectivity index (χ4v) is 3.34. The van der Waals surface area contributed by atoms with Gasteiger partial charge in [0.15, 0.2) is 11.5 Å². The van der Waals surface area contributed by atoms with Gasteiger partial charge in [0.1, 0.15) is 24.7 Å². The molecule has 0 radical (unpaired) electrons. The summed E-state index contributed by atoms with van der Waals surface area (Å²) < 4.78 is 23.0. The highest BCUT2D eigenvalue weighted by Crippen LogP contribution is 2.30. The van der Waals surface area contributed by atoms with Gasteiger partial charge < -0.3 is 23.7 Å². The van der Waals surface area contributed by atoms with Crippen LogP contribution in [0.5, 0.6) is 17.4 Å². The molecule has 0 saturated heterocycles. The van der Waals surface area contributed by atoms with Gasteiger partial charge in [-0.05, 0) is 42.8 Å². The lowest BCUT2D eigenvalue weighted by molar-refractivity contribution is -0.136. The minimum Gasteiger partial charge on any atom is -0.493 e. The largest absolute Gasteiger partial charge is 0.493 e. The molecule has 2 aromatic heterocycles. The second kappa shape index (κ2) is 10.5. The molecule has 2 aromatic carbocycles. The number of hydrogen-bond donors (Lipinski definition) is 1. The van der Waals surface area contributed by atoms with Gasteiger partial charge in [0.2, 0.25) is 11.8 Å². The molecule has 0 bridgehead atoms. The van der Waals surface area contributed by atoms with Gasteiger partial charge in [-0.15, -0.1) is 0 Å². The molecule has 0 aliphatic rings. The van der Waals surface area contributed by atoms with E-state index in [4.69, 9.17) is 23.7 Å². The molecular weight excluding hydrogens is 436 g/mol. The van der Waals surface area contributed by atoms with Crippen LogP contribution in [0.15, 0.2) is 71.3 Å². The molecular formula is C26H24N2O6. The number of methoxy groups -OCH3 is 1. The highest BCUT2D eigenvalue weighted by Gasteiger charge is 2.14. The number of rotatable bonds is 10. The summed E-state index contributed by atoms with van der Waals surface area (Å²) in [5.74, 6) is 1.68. The first kappa shape index (κ1) is 22.8. The van der Waals surface area contributed by atoms with Crippen LogP contribution in [0.3, 0.4) is 0 Å². The monoisotopic (exact) mass is 460 g/mol. The van der Waals surface area contributed by atoms with Crippen LogP contribution in [0.2, 0.25) is 0 Å². The molecule has 0 fully saturated rings. The molecule has 8 heteroatoms. The van der Waals surface area contributed by atoms with Crippen molar-refractivity contribution in [2.24, 2.45) is 0 Å². The van der Waals surface area contributed by atoms with E-state index in [1.54, 1.807) is 37.6 Å². The summed E-state index contributed by atoms with van der Waals surface area (Å²) >= 11 is 0. The van der Waals surface area contributed by atoms with Crippen LogP contribution in [-0.4, -0.2) is 28.2 Å². The SMILES string of the molecule is COc1cc(COc2ncccc2CC(=O)O)ccc1OCc1nc(-c2ccccc2)oc1C. The van der Waals surface area contributed by atoms with Crippen LogP contribution in [0.4, 0.5) is 0 Å². The Morgan fingerprint density at radius 2 is 1.82 bits per heavy atom. The molecule has 8 nitrogen and oxygen atoms in total. The predicted octanol–water partition coefficient (Wildman–Crippen LogP) is 4.84. The minimum absolute atomic E-state index is 0.160. The van der Waals surface area contributed by atoms with Gasteiger partial charge >= 0.3 is 5.97 Å². The lowest BCUT2D eigenvalue weighted by atomic mass is 10.2. The molecule has 0 atom stereocenters. The van der Waals surface area contributed by atoms with Crippen molar-refractivity contribution in [2.45, 2.75) is 26.6 Å². The lowest BCUT2D eigenvalue weighted by Crippen LogP contribution is -2.06. The molecule has 0 unspecified atom stereocenters. The first-order chi connectivity index (χ1) is 16.5. The number of oxazole rings is 1. The number of pyridine rings is 1.